The fraction of sp³-hybridized carbons (Fsp3) is 0.450. The Bertz CT molecular complexity index is 581. The van der Waals surface area contributed by atoms with Crippen LogP contribution in [-0.2, 0) is 6.42 Å². The molecular weight excluding hydrogens is 296 g/mol. The topological polar surface area (TPSA) is 31.4 Å². The molecule has 4 heteroatoms. The third-order valence-electron chi connectivity index (χ3n) is 4.86. The highest BCUT2D eigenvalue weighted by atomic mass is 15.2. The molecule has 128 valence electrons. The van der Waals surface area contributed by atoms with E-state index >= 15 is 0 Å². The van der Waals surface area contributed by atoms with E-state index in [0.29, 0.717) is 6.04 Å². The van der Waals surface area contributed by atoms with Crippen molar-refractivity contribution in [3.05, 3.63) is 66.0 Å². The van der Waals surface area contributed by atoms with Gasteiger partial charge in [-0.1, -0.05) is 30.3 Å². The average Bonchev–Trinajstić information content (AvgIpc) is 2.66. The van der Waals surface area contributed by atoms with Gasteiger partial charge < -0.3 is 5.32 Å². The van der Waals surface area contributed by atoms with Crippen LogP contribution in [0.5, 0.6) is 0 Å². The van der Waals surface area contributed by atoms with Gasteiger partial charge in [0.05, 0.1) is 0 Å². The lowest BCUT2D eigenvalue weighted by molar-refractivity contribution is 0.151. The Morgan fingerprint density at radius 2 is 1.79 bits per heavy atom. The number of piperazine rings is 1. The molecule has 4 nitrogen and oxygen atoms in total. The lowest BCUT2D eigenvalue weighted by Crippen LogP contribution is -2.47. The second-order valence-corrected chi connectivity index (χ2v) is 6.56. The van der Waals surface area contributed by atoms with Crippen molar-refractivity contribution >= 4 is 0 Å². The Hall–Kier alpha value is -1.75. The zero-order valence-electron chi connectivity index (χ0n) is 14.6. The van der Waals surface area contributed by atoms with Gasteiger partial charge in [-0.2, -0.15) is 0 Å². The van der Waals surface area contributed by atoms with Crippen molar-refractivity contribution in [3.8, 4) is 0 Å². The van der Waals surface area contributed by atoms with E-state index < -0.39 is 0 Å². The van der Waals surface area contributed by atoms with Crippen molar-refractivity contribution in [3.63, 3.8) is 0 Å². The van der Waals surface area contributed by atoms with E-state index in [4.69, 9.17) is 0 Å². The molecule has 1 aliphatic heterocycles. The highest BCUT2D eigenvalue weighted by Gasteiger charge is 2.21. The Morgan fingerprint density at radius 3 is 2.50 bits per heavy atom. The smallest absolute Gasteiger partial charge is 0.0472 e. The van der Waals surface area contributed by atoms with Crippen LogP contribution >= 0.6 is 0 Å². The van der Waals surface area contributed by atoms with Gasteiger partial charge in [0.15, 0.2) is 0 Å². The van der Waals surface area contributed by atoms with Gasteiger partial charge in [0.1, 0.15) is 0 Å². The highest BCUT2D eigenvalue weighted by molar-refractivity contribution is 5.20. The summed E-state index contributed by atoms with van der Waals surface area (Å²) in [6.45, 7) is 6.63. The number of aromatic nitrogens is 1. The molecule has 1 N–H and O–H groups in total. The van der Waals surface area contributed by atoms with E-state index in [2.05, 4.69) is 69.6 Å². The summed E-state index contributed by atoms with van der Waals surface area (Å²) in [6, 6.07) is 15.6. The summed E-state index contributed by atoms with van der Waals surface area (Å²) in [5.41, 5.74) is 2.76. The van der Waals surface area contributed by atoms with Crippen molar-refractivity contribution in [1.29, 1.82) is 0 Å². The molecule has 0 radical (unpaired) electrons. The van der Waals surface area contributed by atoms with Gasteiger partial charge in [0, 0.05) is 57.7 Å². The van der Waals surface area contributed by atoms with Gasteiger partial charge >= 0.3 is 0 Å². The van der Waals surface area contributed by atoms with Gasteiger partial charge in [0.2, 0.25) is 0 Å². The molecule has 0 spiro atoms. The summed E-state index contributed by atoms with van der Waals surface area (Å²) < 4.78 is 0. The van der Waals surface area contributed by atoms with Crippen LogP contribution in [0.15, 0.2) is 54.9 Å². The molecule has 1 aliphatic rings. The van der Waals surface area contributed by atoms with Crippen LogP contribution in [0.3, 0.4) is 0 Å². The van der Waals surface area contributed by atoms with Crippen LogP contribution in [-0.4, -0.2) is 61.1 Å². The number of pyridine rings is 1. The Kier molecular flexibility index (Phi) is 6.35. The first-order valence-electron chi connectivity index (χ1n) is 8.90. The first kappa shape index (κ1) is 17.1. The van der Waals surface area contributed by atoms with Crippen molar-refractivity contribution < 1.29 is 0 Å². The molecule has 1 unspecified atom stereocenters. The normalized spacial score (nSPS) is 17.1. The van der Waals surface area contributed by atoms with Crippen LogP contribution in [0.1, 0.15) is 17.2 Å². The number of hydrogen-bond acceptors (Lipinski definition) is 4. The van der Waals surface area contributed by atoms with Crippen molar-refractivity contribution in [2.45, 2.75) is 12.5 Å². The minimum Gasteiger partial charge on any atom is -0.314 e. The summed E-state index contributed by atoms with van der Waals surface area (Å²) in [5, 5.41) is 3.44. The third kappa shape index (κ3) is 4.87. The molecule has 1 fully saturated rings. The molecule has 0 amide bonds. The Morgan fingerprint density at radius 1 is 1.08 bits per heavy atom. The van der Waals surface area contributed by atoms with Crippen LogP contribution < -0.4 is 5.32 Å². The van der Waals surface area contributed by atoms with Crippen molar-refractivity contribution in [2.75, 3.05) is 46.3 Å². The molecule has 3 rings (SSSR count). The maximum atomic E-state index is 4.11. The number of benzene rings is 1. The zero-order valence-corrected chi connectivity index (χ0v) is 14.6. The van der Waals surface area contributed by atoms with Crippen LogP contribution in [0.25, 0.3) is 0 Å². The number of nitrogens with one attached hydrogen (secondary N) is 1. The minimum atomic E-state index is 0.436. The van der Waals surface area contributed by atoms with Crippen LogP contribution in [0.2, 0.25) is 0 Å². The van der Waals surface area contributed by atoms with Gasteiger partial charge in [-0.05, 0) is 36.7 Å². The predicted molar refractivity (Wildman–Crippen MR) is 99.1 cm³/mol. The van der Waals surface area contributed by atoms with Crippen molar-refractivity contribution in [1.82, 2.24) is 20.1 Å². The fourth-order valence-electron chi connectivity index (χ4n) is 3.32. The molecule has 2 aromatic rings. The first-order valence-corrected chi connectivity index (χ1v) is 8.90. The summed E-state index contributed by atoms with van der Waals surface area (Å²) in [6.07, 6.45) is 4.82. The molecule has 2 heterocycles. The summed E-state index contributed by atoms with van der Waals surface area (Å²) >= 11 is 0. The molecule has 1 atom stereocenters. The second-order valence-electron chi connectivity index (χ2n) is 6.56. The quantitative estimate of drug-likeness (QED) is 0.846. The summed E-state index contributed by atoms with van der Waals surface area (Å²) in [4.78, 5) is 9.18. The fourth-order valence-corrected chi connectivity index (χ4v) is 3.32. The van der Waals surface area contributed by atoms with E-state index in [0.717, 1.165) is 45.7 Å². The van der Waals surface area contributed by atoms with E-state index in [-0.39, 0.29) is 0 Å². The second kappa shape index (κ2) is 8.92. The van der Waals surface area contributed by atoms with Gasteiger partial charge in [-0.15, -0.1) is 0 Å². The van der Waals surface area contributed by atoms with E-state index in [1.54, 1.807) is 0 Å². The third-order valence-corrected chi connectivity index (χ3v) is 4.86. The molecule has 1 aromatic carbocycles. The number of likely N-dealkylation sites (N-methyl/N-ethyl adjacent to an activating group) is 1. The maximum absolute atomic E-state index is 4.11. The lowest BCUT2D eigenvalue weighted by atomic mass is 10.0. The SMILES string of the molecule is CN(CCc1ccncc1)C(CN1CCNCC1)c1ccccc1. The van der Waals surface area contributed by atoms with Gasteiger partial charge in [-0.25, -0.2) is 0 Å². The van der Waals surface area contributed by atoms with Crippen molar-refractivity contribution in [2.24, 2.45) is 0 Å². The molecule has 24 heavy (non-hydrogen) atoms. The van der Waals surface area contributed by atoms with Gasteiger partial charge in [-0.3, -0.25) is 14.8 Å². The van der Waals surface area contributed by atoms with E-state index in [1.165, 1.54) is 11.1 Å². The first-order chi connectivity index (χ1) is 11.8. The molecule has 0 aliphatic carbocycles. The van der Waals surface area contributed by atoms with E-state index in [1.807, 2.05) is 12.4 Å². The predicted octanol–water partition coefficient (Wildman–Crippen LogP) is 2.20. The summed E-state index contributed by atoms with van der Waals surface area (Å²) in [5.74, 6) is 0. The molecular formula is C20H28N4. The lowest BCUT2D eigenvalue weighted by Gasteiger charge is -2.35. The van der Waals surface area contributed by atoms with Crippen LogP contribution in [0, 0.1) is 0 Å². The average molecular weight is 324 g/mol. The van der Waals surface area contributed by atoms with E-state index in [9.17, 15) is 0 Å². The standard InChI is InChI=1S/C20H28N4/c1-23(14-9-18-7-10-21-11-8-18)20(19-5-3-2-4-6-19)17-24-15-12-22-13-16-24/h2-8,10-11,20,22H,9,12-17H2,1H3. The monoisotopic (exact) mass is 324 g/mol. The molecule has 0 saturated carbocycles. The molecule has 0 bridgehead atoms. The van der Waals surface area contributed by atoms with Crippen LogP contribution in [0.4, 0.5) is 0 Å². The van der Waals surface area contributed by atoms with Gasteiger partial charge in [0.25, 0.3) is 0 Å². The number of hydrogen-bond donors (Lipinski definition) is 1. The zero-order chi connectivity index (χ0) is 16.6. The maximum Gasteiger partial charge on any atom is 0.0472 e. The molecule has 1 saturated heterocycles. The minimum absolute atomic E-state index is 0.436. The Balaban J connectivity index is 1.66. The summed E-state index contributed by atoms with van der Waals surface area (Å²) in [7, 11) is 2.25. The highest BCUT2D eigenvalue weighted by Crippen LogP contribution is 2.21. The number of nitrogens with zero attached hydrogens (tertiary/aromatic N) is 3. The molecule has 1 aromatic heterocycles. The Labute approximate surface area is 145 Å². The number of rotatable bonds is 7. The largest absolute Gasteiger partial charge is 0.314 e.